The van der Waals surface area contributed by atoms with Crippen molar-refractivity contribution < 1.29 is 4.79 Å². The molecular formula is C16H21N5OS. The maximum atomic E-state index is 12.4. The molecule has 3 heterocycles. The van der Waals surface area contributed by atoms with Gasteiger partial charge in [0.25, 0.3) is 0 Å². The molecule has 0 bridgehead atoms. The maximum absolute atomic E-state index is 12.4. The number of aryl methyl sites for hydroxylation is 3. The van der Waals surface area contributed by atoms with Crippen LogP contribution in [0.25, 0.3) is 0 Å². The monoisotopic (exact) mass is 331 g/mol. The van der Waals surface area contributed by atoms with E-state index in [2.05, 4.69) is 26.8 Å². The van der Waals surface area contributed by atoms with E-state index in [1.807, 2.05) is 17.9 Å². The minimum atomic E-state index is 0.212. The van der Waals surface area contributed by atoms with E-state index in [4.69, 9.17) is 0 Å². The highest BCUT2D eigenvalue weighted by Gasteiger charge is 2.22. The van der Waals surface area contributed by atoms with Gasteiger partial charge < -0.3 is 9.80 Å². The summed E-state index contributed by atoms with van der Waals surface area (Å²) in [7, 11) is 0. The third-order valence-electron chi connectivity index (χ3n) is 4.09. The second-order valence-corrected chi connectivity index (χ2v) is 6.95. The molecule has 2 aromatic heterocycles. The van der Waals surface area contributed by atoms with Crippen LogP contribution in [0.15, 0.2) is 18.5 Å². The van der Waals surface area contributed by atoms with Crippen molar-refractivity contribution in [3.05, 3.63) is 34.0 Å². The third kappa shape index (κ3) is 3.85. The van der Waals surface area contributed by atoms with Gasteiger partial charge in [0.05, 0.1) is 10.7 Å². The van der Waals surface area contributed by atoms with Crippen molar-refractivity contribution in [1.82, 2.24) is 19.9 Å². The van der Waals surface area contributed by atoms with Crippen molar-refractivity contribution in [2.45, 2.75) is 26.7 Å². The average Bonchev–Trinajstić information content (AvgIpc) is 2.92. The molecule has 0 atom stereocenters. The number of carbonyl (C=O) groups is 1. The molecule has 2 aromatic rings. The number of anilines is 1. The van der Waals surface area contributed by atoms with Gasteiger partial charge in [0.2, 0.25) is 11.9 Å². The van der Waals surface area contributed by atoms with Crippen LogP contribution in [0.5, 0.6) is 0 Å². The lowest BCUT2D eigenvalue weighted by atomic mass is 10.2. The van der Waals surface area contributed by atoms with Crippen molar-refractivity contribution >= 4 is 23.2 Å². The number of nitrogens with zero attached hydrogens (tertiary/aromatic N) is 5. The summed E-state index contributed by atoms with van der Waals surface area (Å²) < 4.78 is 0. The number of piperazine rings is 1. The first-order valence-electron chi connectivity index (χ1n) is 7.86. The zero-order valence-electron chi connectivity index (χ0n) is 13.5. The van der Waals surface area contributed by atoms with Gasteiger partial charge in [0, 0.05) is 56.3 Å². The Kier molecular flexibility index (Phi) is 4.85. The minimum Gasteiger partial charge on any atom is -0.339 e. The van der Waals surface area contributed by atoms with Crippen LogP contribution in [0.4, 0.5) is 5.95 Å². The molecule has 0 unspecified atom stereocenters. The van der Waals surface area contributed by atoms with Gasteiger partial charge in [-0.15, -0.1) is 11.3 Å². The number of rotatable bonds is 4. The van der Waals surface area contributed by atoms with Crippen LogP contribution in [0.1, 0.15) is 22.0 Å². The molecule has 122 valence electrons. The molecule has 0 aromatic carbocycles. The predicted octanol–water partition coefficient (Wildman–Crippen LogP) is 1.83. The van der Waals surface area contributed by atoms with Gasteiger partial charge in [0.1, 0.15) is 0 Å². The number of carbonyl (C=O) groups excluding carboxylic acids is 1. The fourth-order valence-corrected chi connectivity index (χ4v) is 3.56. The molecule has 0 aliphatic carbocycles. The molecule has 6 nitrogen and oxygen atoms in total. The molecule has 0 spiro atoms. The largest absolute Gasteiger partial charge is 0.339 e. The van der Waals surface area contributed by atoms with E-state index in [-0.39, 0.29) is 5.91 Å². The zero-order valence-corrected chi connectivity index (χ0v) is 14.3. The summed E-state index contributed by atoms with van der Waals surface area (Å²) in [5.41, 5.74) is 1.08. The molecule has 0 N–H and O–H groups in total. The summed E-state index contributed by atoms with van der Waals surface area (Å²) in [5.74, 6) is 0.956. The number of hydrogen-bond donors (Lipinski definition) is 0. The Bertz CT molecular complexity index is 645. The van der Waals surface area contributed by atoms with Crippen molar-refractivity contribution in [2.75, 3.05) is 31.1 Å². The van der Waals surface area contributed by atoms with Crippen LogP contribution in [0.2, 0.25) is 0 Å². The first-order chi connectivity index (χ1) is 11.1. The Balaban J connectivity index is 1.48. The smallest absolute Gasteiger partial charge is 0.225 e. The predicted molar refractivity (Wildman–Crippen MR) is 90.7 cm³/mol. The molecule has 1 aliphatic rings. The molecule has 1 saturated heterocycles. The highest BCUT2D eigenvalue weighted by Crippen LogP contribution is 2.18. The highest BCUT2D eigenvalue weighted by molar-refractivity contribution is 7.11. The summed E-state index contributed by atoms with van der Waals surface area (Å²) in [6, 6.07) is 1.81. The SMILES string of the molecule is Cc1nc(CCC(=O)N2CCN(c3ncccn3)CC2)sc1C. The topological polar surface area (TPSA) is 62.2 Å². The third-order valence-corrected chi connectivity index (χ3v) is 5.23. The standard InChI is InChI=1S/C16H21N5OS/c1-12-13(2)23-14(19-12)4-5-15(22)20-8-10-21(11-9-20)16-17-6-3-7-18-16/h3,6-7H,4-5,8-11H2,1-2H3. The van der Waals surface area contributed by atoms with Crippen LogP contribution < -0.4 is 4.90 Å². The Hall–Kier alpha value is -2.02. The van der Waals surface area contributed by atoms with Gasteiger partial charge in [0.15, 0.2) is 0 Å². The molecule has 1 aliphatic heterocycles. The fraction of sp³-hybridized carbons (Fsp3) is 0.500. The van der Waals surface area contributed by atoms with Crippen molar-refractivity contribution in [1.29, 1.82) is 0 Å². The summed E-state index contributed by atoms with van der Waals surface area (Å²) in [5, 5.41) is 1.06. The zero-order chi connectivity index (χ0) is 16.2. The van der Waals surface area contributed by atoms with Crippen LogP contribution >= 0.6 is 11.3 Å². The lowest BCUT2D eigenvalue weighted by Gasteiger charge is -2.34. The lowest BCUT2D eigenvalue weighted by Crippen LogP contribution is -2.49. The van der Waals surface area contributed by atoms with Gasteiger partial charge in [-0.25, -0.2) is 15.0 Å². The van der Waals surface area contributed by atoms with Crippen LogP contribution in [0.3, 0.4) is 0 Å². The van der Waals surface area contributed by atoms with E-state index in [0.29, 0.717) is 6.42 Å². The highest BCUT2D eigenvalue weighted by atomic mass is 32.1. The summed E-state index contributed by atoms with van der Waals surface area (Å²) >= 11 is 1.69. The Morgan fingerprint density at radius 3 is 2.48 bits per heavy atom. The average molecular weight is 331 g/mol. The molecule has 23 heavy (non-hydrogen) atoms. The second kappa shape index (κ2) is 7.04. The van der Waals surface area contributed by atoms with Gasteiger partial charge in [-0.05, 0) is 19.9 Å². The molecule has 3 rings (SSSR count). The number of hydrogen-bond acceptors (Lipinski definition) is 6. The van der Waals surface area contributed by atoms with E-state index in [1.165, 1.54) is 4.88 Å². The van der Waals surface area contributed by atoms with Crippen LogP contribution in [0, 0.1) is 13.8 Å². The van der Waals surface area contributed by atoms with Gasteiger partial charge in [-0.2, -0.15) is 0 Å². The van der Waals surface area contributed by atoms with Crippen LogP contribution in [-0.2, 0) is 11.2 Å². The Morgan fingerprint density at radius 2 is 1.87 bits per heavy atom. The van der Waals surface area contributed by atoms with E-state index < -0.39 is 0 Å². The van der Waals surface area contributed by atoms with E-state index in [1.54, 1.807) is 23.7 Å². The van der Waals surface area contributed by atoms with Gasteiger partial charge in [-0.1, -0.05) is 0 Å². The second-order valence-electron chi connectivity index (χ2n) is 5.67. The quantitative estimate of drug-likeness (QED) is 0.855. The van der Waals surface area contributed by atoms with E-state index in [9.17, 15) is 4.79 Å². The van der Waals surface area contributed by atoms with Crippen molar-refractivity contribution in [2.24, 2.45) is 0 Å². The van der Waals surface area contributed by atoms with E-state index >= 15 is 0 Å². The maximum Gasteiger partial charge on any atom is 0.225 e. The van der Waals surface area contributed by atoms with Gasteiger partial charge >= 0.3 is 0 Å². The first-order valence-corrected chi connectivity index (χ1v) is 8.68. The first kappa shape index (κ1) is 15.9. The number of amides is 1. The van der Waals surface area contributed by atoms with Crippen LogP contribution in [-0.4, -0.2) is 51.9 Å². The molecule has 0 radical (unpaired) electrons. The van der Waals surface area contributed by atoms with E-state index in [0.717, 1.165) is 49.2 Å². The summed E-state index contributed by atoms with van der Waals surface area (Å²) in [4.78, 5) is 30.7. The molecule has 1 fully saturated rings. The summed E-state index contributed by atoms with van der Waals surface area (Å²) in [6.45, 7) is 7.11. The number of thiazole rings is 1. The minimum absolute atomic E-state index is 0.212. The van der Waals surface area contributed by atoms with Gasteiger partial charge in [-0.3, -0.25) is 4.79 Å². The molecular weight excluding hydrogens is 310 g/mol. The molecule has 0 saturated carbocycles. The lowest BCUT2D eigenvalue weighted by molar-refractivity contribution is -0.131. The Morgan fingerprint density at radius 1 is 1.17 bits per heavy atom. The van der Waals surface area contributed by atoms with Crippen molar-refractivity contribution in [3.63, 3.8) is 0 Å². The van der Waals surface area contributed by atoms with Crippen molar-refractivity contribution in [3.8, 4) is 0 Å². The molecule has 1 amide bonds. The molecule has 7 heteroatoms. The number of aromatic nitrogens is 3. The normalized spacial score (nSPS) is 15.0. The summed E-state index contributed by atoms with van der Waals surface area (Å²) in [6.07, 6.45) is 4.77. The Labute approximate surface area is 140 Å². The fourth-order valence-electron chi connectivity index (χ4n) is 2.63.